The van der Waals surface area contributed by atoms with Crippen LogP contribution in [0.15, 0.2) is 29.2 Å². The van der Waals surface area contributed by atoms with E-state index in [4.69, 9.17) is 4.74 Å². The summed E-state index contributed by atoms with van der Waals surface area (Å²) in [4.78, 5) is 0.219. The first-order valence-corrected chi connectivity index (χ1v) is 8.86. The van der Waals surface area contributed by atoms with Crippen molar-refractivity contribution < 1.29 is 18.3 Å². The quantitative estimate of drug-likeness (QED) is 0.842. The lowest BCUT2D eigenvalue weighted by Gasteiger charge is -2.22. The number of ether oxygens (including phenoxy) is 1. The van der Waals surface area contributed by atoms with E-state index >= 15 is 0 Å². The average Bonchev–Trinajstić information content (AvgIpc) is 2.48. The number of rotatable bonds is 6. The van der Waals surface area contributed by atoms with Gasteiger partial charge in [-0.05, 0) is 50.3 Å². The summed E-state index contributed by atoms with van der Waals surface area (Å²) in [6.07, 6.45) is 3.52. The highest BCUT2D eigenvalue weighted by molar-refractivity contribution is 7.89. The van der Waals surface area contributed by atoms with Crippen LogP contribution in [0.25, 0.3) is 0 Å². The summed E-state index contributed by atoms with van der Waals surface area (Å²) < 4.78 is 32.5. The molecule has 118 valence electrons. The molecule has 1 aromatic carbocycles. The van der Waals surface area contributed by atoms with E-state index in [2.05, 4.69) is 4.72 Å². The molecule has 0 aromatic heterocycles. The van der Waals surface area contributed by atoms with Crippen LogP contribution < -0.4 is 4.72 Å². The number of hydrogen-bond donors (Lipinski definition) is 2. The molecule has 21 heavy (non-hydrogen) atoms. The lowest BCUT2D eigenvalue weighted by atomic mass is 10.1. The molecule has 0 saturated carbocycles. The van der Waals surface area contributed by atoms with Gasteiger partial charge in [-0.25, -0.2) is 13.1 Å². The predicted octanol–water partition coefficient (Wildman–Crippen LogP) is 1.98. The minimum absolute atomic E-state index is 0.166. The molecule has 1 heterocycles. The van der Waals surface area contributed by atoms with Gasteiger partial charge in [0.05, 0.1) is 17.1 Å². The number of hydrogen-bond acceptors (Lipinski definition) is 4. The zero-order chi connectivity index (χ0) is 15.3. The maximum Gasteiger partial charge on any atom is 0.240 e. The molecule has 0 spiro atoms. The highest BCUT2D eigenvalue weighted by atomic mass is 32.2. The van der Waals surface area contributed by atoms with Crippen molar-refractivity contribution in [1.29, 1.82) is 0 Å². The van der Waals surface area contributed by atoms with E-state index < -0.39 is 16.1 Å². The van der Waals surface area contributed by atoms with Crippen LogP contribution in [0.2, 0.25) is 0 Å². The molecule has 1 saturated heterocycles. The topological polar surface area (TPSA) is 75.6 Å². The fourth-order valence-electron chi connectivity index (χ4n) is 2.40. The highest BCUT2D eigenvalue weighted by Gasteiger charge is 2.17. The van der Waals surface area contributed by atoms with Crippen LogP contribution >= 0.6 is 0 Å². The second kappa shape index (κ2) is 7.35. The molecule has 2 N–H and O–H groups in total. The van der Waals surface area contributed by atoms with E-state index in [0.717, 1.165) is 25.9 Å². The van der Waals surface area contributed by atoms with Gasteiger partial charge in [0.25, 0.3) is 0 Å². The molecule has 0 aliphatic carbocycles. The lowest BCUT2D eigenvalue weighted by Crippen LogP contribution is -2.29. The van der Waals surface area contributed by atoms with E-state index in [9.17, 15) is 13.5 Å². The second-order valence-electron chi connectivity index (χ2n) is 5.42. The Morgan fingerprint density at radius 1 is 1.33 bits per heavy atom. The SMILES string of the molecule is CC(O)c1ccc(S(=O)(=O)NCCC2CCCCO2)cc1. The summed E-state index contributed by atoms with van der Waals surface area (Å²) in [5.41, 5.74) is 0.699. The van der Waals surface area contributed by atoms with E-state index in [-0.39, 0.29) is 11.0 Å². The summed E-state index contributed by atoms with van der Waals surface area (Å²) in [5, 5.41) is 9.42. The molecular formula is C15H23NO4S. The Balaban J connectivity index is 1.88. The molecule has 0 radical (unpaired) electrons. The molecule has 0 bridgehead atoms. The molecule has 1 aliphatic heterocycles. The van der Waals surface area contributed by atoms with Crippen molar-refractivity contribution in [2.24, 2.45) is 0 Å². The van der Waals surface area contributed by atoms with E-state index in [1.807, 2.05) is 0 Å². The fourth-order valence-corrected chi connectivity index (χ4v) is 3.45. The summed E-state index contributed by atoms with van der Waals surface area (Å²) in [6, 6.07) is 6.29. The first kappa shape index (κ1) is 16.4. The average molecular weight is 313 g/mol. The van der Waals surface area contributed by atoms with Gasteiger partial charge in [-0.3, -0.25) is 0 Å². The molecule has 1 fully saturated rings. The Kier molecular flexibility index (Phi) is 5.75. The number of aliphatic hydroxyl groups is 1. The van der Waals surface area contributed by atoms with Gasteiger partial charge < -0.3 is 9.84 Å². The first-order valence-electron chi connectivity index (χ1n) is 7.38. The normalized spacial score (nSPS) is 21.1. The standard InChI is InChI=1S/C15H23NO4S/c1-12(17)13-5-7-15(8-6-13)21(18,19)16-10-9-14-4-2-3-11-20-14/h5-8,12,14,16-17H,2-4,9-11H2,1H3. The molecule has 2 rings (SSSR count). The third kappa shape index (κ3) is 4.78. The van der Waals surface area contributed by atoms with Gasteiger partial charge in [0.15, 0.2) is 0 Å². The minimum atomic E-state index is -3.49. The third-order valence-corrected chi connectivity index (χ3v) is 5.18. The highest BCUT2D eigenvalue weighted by Crippen LogP contribution is 2.17. The van der Waals surface area contributed by atoms with Crippen LogP contribution in [0, 0.1) is 0 Å². The molecule has 1 aromatic rings. The number of nitrogens with one attached hydrogen (secondary N) is 1. The molecule has 1 aliphatic rings. The number of aliphatic hydroxyl groups excluding tert-OH is 1. The monoisotopic (exact) mass is 313 g/mol. The molecule has 0 amide bonds. The summed E-state index contributed by atoms with van der Waals surface area (Å²) in [5.74, 6) is 0. The Morgan fingerprint density at radius 3 is 2.62 bits per heavy atom. The van der Waals surface area contributed by atoms with Crippen LogP contribution in [0.5, 0.6) is 0 Å². The van der Waals surface area contributed by atoms with Crippen LogP contribution in [0.3, 0.4) is 0 Å². The third-order valence-electron chi connectivity index (χ3n) is 3.71. The largest absolute Gasteiger partial charge is 0.389 e. The number of benzene rings is 1. The summed E-state index contributed by atoms with van der Waals surface area (Å²) in [6.45, 7) is 2.80. The van der Waals surface area contributed by atoms with Crippen LogP contribution in [-0.2, 0) is 14.8 Å². The molecule has 2 unspecified atom stereocenters. The van der Waals surface area contributed by atoms with Gasteiger partial charge in [0.1, 0.15) is 0 Å². The van der Waals surface area contributed by atoms with Gasteiger partial charge in [-0.15, -0.1) is 0 Å². The van der Waals surface area contributed by atoms with Crippen molar-refractivity contribution in [2.75, 3.05) is 13.2 Å². The fraction of sp³-hybridized carbons (Fsp3) is 0.600. The Hall–Kier alpha value is -0.950. The first-order chi connectivity index (χ1) is 9.99. The Labute approximate surface area is 126 Å². The second-order valence-corrected chi connectivity index (χ2v) is 7.19. The van der Waals surface area contributed by atoms with E-state index in [1.54, 1.807) is 19.1 Å². The van der Waals surface area contributed by atoms with Crippen molar-refractivity contribution in [3.8, 4) is 0 Å². The van der Waals surface area contributed by atoms with Gasteiger partial charge >= 0.3 is 0 Å². The predicted molar refractivity (Wildman–Crippen MR) is 80.5 cm³/mol. The minimum Gasteiger partial charge on any atom is -0.389 e. The van der Waals surface area contributed by atoms with E-state index in [0.29, 0.717) is 18.5 Å². The number of sulfonamides is 1. The Morgan fingerprint density at radius 2 is 2.05 bits per heavy atom. The zero-order valence-electron chi connectivity index (χ0n) is 12.3. The molecule has 5 nitrogen and oxygen atoms in total. The summed E-state index contributed by atoms with van der Waals surface area (Å²) in [7, 11) is -3.49. The van der Waals surface area contributed by atoms with Gasteiger partial charge in [0.2, 0.25) is 10.0 Å². The molecular weight excluding hydrogens is 290 g/mol. The van der Waals surface area contributed by atoms with Crippen molar-refractivity contribution in [3.63, 3.8) is 0 Å². The molecule has 6 heteroatoms. The lowest BCUT2D eigenvalue weighted by molar-refractivity contribution is 0.0123. The van der Waals surface area contributed by atoms with Crippen molar-refractivity contribution >= 4 is 10.0 Å². The van der Waals surface area contributed by atoms with Gasteiger partial charge in [-0.2, -0.15) is 0 Å². The maximum absolute atomic E-state index is 12.1. The van der Waals surface area contributed by atoms with Crippen LogP contribution in [-0.4, -0.2) is 32.8 Å². The van der Waals surface area contributed by atoms with Crippen LogP contribution in [0.1, 0.15) is 44.3 Å². The van der Waals surface area contributed by atoms with Gasteiger partial charge in [0, 0.05) is 13.2 Å². The van der Waals surface area contributed by atoms with Crippen molar-refractivity contribution in [2.45, 2.75) is 49.7 Å². The van der Waals surface area contributed by atoms with E-state index in [1.165, 1.54) is 12.1 Å². The Bertz CT molecular complexity index is 533. The van der Waals surface area contributed by atoms with Crippen molar-refractivity contribution in [3.05, 3.63) is 29.8 Å². The zero-order valence-corrected chi connectivity index (χ0v) is 13.1. The van der Waals surface area contributed by atoms with Crippen LogP contribution in [0.4, 0.5) is 0 Å². The smallest absolute Gasteiger partial charge is 0.240 e. The summed E-state index contributed by atoms with van der Waals surface area (Å²) >= 11 is 0. The van der Waals surface area contributed by atoms with Crippen molar-refractivity contribution in [1.82, 2.24) is 4.72 Å². The maximum atomic E-state index is 12.1. The van der Waals surface area contributed by atoms with Gasteiger partial charge in [-0.1, -0.05) is 12.1 Å². The molecule has 2 atom stereocenters.